The van der Waals surface area contributed by atoms with Crippen molar-refractivity contribution >= 4 is 22.6 Å². The molecule has 0 aliphatic carbocycles. The minimum absolute atomic E-state index is 0.159. The number of unbranched alkanes of at least 4 members (excludes halogenated alkanes) is 2. The van der Waals surface area contributed by atoms with Gasteiger partial charge in [0.1, 0.15) is 0 Å². The lowest BCUT2D eigenvalue weighted by Gasteiger charge is -2.12. The second-order valence-electron chi connectivity index (χ2n) is 3.69. The number of thioether (sulfide) groups is 1. The van der Waals surface area contributed by atoms with Crippen molar-refractivity contribution in [1.29, 1.82) is 0 Å². The van der Waals surface area contributed by atoms with Crippen LogP contribution in [0.15, 0.2) is 0 Å². The van der Waals surface area contributed by atoms with Gasteiger partial charge in [-0.3, -0.25) is 4.21 Å². The summed E-state index contributed by atoms with van der Waals surface area (Å²) in [6.45, 7) is 4.43. The van der Waals surface area contributed by atoms with E-state index in [1.54, 1.807) is 11.8 Å². The lowest BCUT2D eigenvalue weighted by molar-refractivity contribution is 0.301. The first-order valence-electron chi connectivity index (χ1n) is 5.82. The summed E-state index contributed by atoms with van der Waals surface area (Å²) in [5, 5.41) is 9.32. The van der Waals surface area contributed by atoms with E-state index in [0.717, 1.165) is 24.3 Å². The molecule has 0 aromatic carbocycles. The van der Waals surface area contributed by atoms with Crippen LogP contribution in [0.25, 0.3) is 0 Å². The van der Waals surface area contributed by atoms with Crippen molar-refractivity contribution in [1.82, 2.24) is 0 Å². The average Bonchev–Trinajstić information content (AvgIpc) is 2.25. The van der Waals surface area contributed by atoms with E-state index in [1.807, 2.05) is 0 Å². The summed E-state index contributed by atoms with van der Waals surface area (Å²) in [6, 6.07) is 0. The molecule has 0 saturated carbocycles. The van der Waals surface area contributed by atoms with Crippen molar-refractivity contribution in [2.24, 2.45) is 0 Å². The summed E-state index contributed by atoms with van der Waals surface area (Å²) < 4.78 is 11.6. The Balaban J connectivity index is 3.62. The fourth-order valence-electron chi connectivity index (χ4n) is 1.14. The van der Waals surface area contributed by atoms with Gasteiger partial charge in [0.15, 0.2) is 0 Å². The summed E-state index contributed by atoms with van der Waals surface area (Å²) in [4.78, 5) is 0. The van der Waals surface area contributed by atoms with Gasteiger partial charge in [-0.05, 0) is 18.6 Å². The van der Waals surface area contributed by atoms with Crippen molar-refractivity contribution in [3.05, 3.63) is 0 Å². The molecule has 0 aliphatic rings. The summed E-state index contributed by atoms with van der Waals surface area (Å²) in [5.74, 6) is 2.53. The number of hydrogen-bond donors (Lipinski definition) is 1. The van der Waals surface area contributed by atoms with Gasteiger partial charge in [0, 0.05) is 27.6 Å². The van der Waals surface area contributed by atoms with Gasteiger partial charge in [0.25, 0.3) is 0 Å². The van der Waals surface area contributed by atoms with Gasteiger partial charge in [0.2, 0.25) is 0 Å². The molecule has 2 nitrogen and oxygen atoms in total. The molecule has 0 rings (SSSR count). The van der Waals surface area contributed by atoms with Crippen LogP contribution in [-0.2, 0) is 10.8 Å². The van der Waals surface area contributed by atoms with Crippen molar-refractivity contribution < 1.29 is 9.32 Å². The molecular formula is C11H24O2S2. The van der Waals surface area contributed by atoms with E-state index in [-0.39, 0.29) is 11.9 Å². The first-order valence-corrected chi connectivity index (χ1v) is 8.35. The molecule has 15 heavy (non-hydrogen) atoms. The molecule has 0 fully saturated rings. The molecule has 4 heteroatoms. The van der Waals surface area contributed by atoms with Crippen LogP contribution in [0.5, 0.6) is 0 Å². The monoisotopic (exact) mass is 252 g/mol. The van der Waals surface area contributed by atoms with Gasteiger partial charge in [-0.25, -0.2) is 0 Å². The van der Waals surface area contributed by atoms with Crippen LogP contribution in [0.3, 0.4) is 0 Å². The van der Waals surface area contributed by atoms with Gasteiger partial charge < -0.3 is 5.11 Å². The molecule has 0 radical (unpaired) electrons. The predicted octanol–water partition coefficient (Wildman–Crippen LogP) is 2.43. The number of aliphatic hydroxyl groups excluding tert-OH is 1. The predicted molar refractivity (Wildman–Crippen MR) is 71.0 cm³/mol. The maximum absolute atomic E-state index is 11.6. The zero-order chi connectivity index (χ0) is 11.5. The van der Waals surface area contributed by atoms with Gasteiger partial charge in [-0.2, -0.15) is 11.8 Å². The van der Waals surface area contributed by atoms with Crippen LogP contribution in [0.1, 0.15) is 39.5 Å². The minimum atomic E-state index is -0.736. The van der Waals surface area contributed by atoms with Crippen LogP contribution in [-0.4, -0.2) is 38.4 Å². The first-order chi connectivity index (χ1) is 7.24. The van der Waals surface area contributed by atoms with Gasteiger partial charge in [-0.1, -0.05) is 26.7 Å². The van der Waals surface area contributed by atoms with E-state index < -0.39 is 10.8 Å². The highest BCUT2D eigenvalue weighted by molar-refractivity contribution is 8.00. The van der Waals surface area contributed by atoms with E-state index in [4.69, 9.17) is 5.11 Å². The largest absolute Gasteiger partial charge is 0.395 e. The number of hydrogen-bond acceptors (Lipinski definition) is 3. The Morgan fingerprint density at radius 3 is 2.47 bits per heavy atom. The molecule has 0 bridgehead atoms. The van der Waals surface area contributed by atoms with Crippen molar-refractivity contribution in [2.45, 2.75) is 44.8 Å². The molecule has 92 valence electrons. The molecule has 1 N–H and O–H groups in total. The second-order valence-corrected chi connectivity index (χ2v) is 6.72. The van der Waals surface area contributed by atoms with Gasteiger partial charge >= 0.3 is 0 Å². The van der Waals surface area contributed by atoms with Crippen LogP contribution in [0.2, 0.25) is 0 Å². The van der Waals surface area contributed by atoms with Crippen LogP contribution >= 0.6 is 11.8 Å². The number of aliphatic hydroxyl groups is 1. The Hall–Kier alpha value is 0.460. The molecular weight excluding hydrogens is 228 g/mol. The highest BCUT2D eigenvalue weighted by Gasteiger charge is 2.11. The first kappa shape index (κ1) is 15.5. The smallest absolute Gasteiger partial charge is 0.0558 e. The van der Waals surface area contributed by atoms with Crippen molar-refractivity contribution in [3.63, 3.8) is 0 Å². The van der Waals surface area contributed by atoms with E-state index >= 15 is 0 Å². The molecule has 0 aromatic heterocycles. The molecule has 0 aromatic rings. The molecule has 0 heterocycles. The normalized spacial score (nSPS) is 15.1. The third-order valence-corrected chi connectivity index (χ3v) is 5.19. The molecule has 0 amide bonds. The Kier molecular flexibility index (Phi) is 11.3. The van der Waals surface area contributed by atoms with Crippen LogP contribution < -0.4 is 0 Å². The summed E-state index contributed by atoms with van der Waals surface area (Å²) in [5.41, 5.74) is 0. The van der Waals surface area contributed by atoms with E-state index in [0.29, 0.717) is 5.75 Å². The van der Waals surface area contributed by atoms with Crippen molar-refractivity contribution in [3.8, 4) is 0 Å². The number of rotatable bonds is 10. The maximum atomic E-state index is 11.6. The van der Waals surface area contributed by atoms with Crippen LogP contribution in [0, 0.1) is 0 Å². The minimum Gasteiger partial charge on any atom is -0.395 e. The van der Waals surface area contributed by atoms with E-state index in [9.17, 15) is 4.21 Å². The van der Waals surface area contributed by atoms with Gasteiger partial charge in [0.05, 0.1) is 6.61 Å². The van der Waals surface area contributed by atoms with Crippen LogP contribution in [0.4, 0.5) is 0 Å². The van der Waals surface area contributed by atoms with E-state index in [2.05, 4.69) is 13.8 Å². The topological polar surface area (TPSA) is 37.3 Å². The van der Waals surface area contributed by atoms with Crippen molar-refractivity contribution in [2.75, 3.05) is 23.9 Å². The summed E-state index contributed by atoms with van der Waals surface area (Å²) in [6.07, 6.45) is 4.50. The zero-order valence-corrected chi connectivity index (χ0v) is 11.5. The fourth-order valence-corrected chi connectivity index (χ4v) is 4.18. The quantitative estimate of drug-likeness (QED) is 0.607. The lowest BCUT2D eigenvalue weighted by atomic mass is 10.4. The summed E-state index contributed by atoms with van der Waals surface area (Å²) in [7, 11) is -0.736. The highest BCUT2D eigenvalue weighted by atomic mass is 32.2. The Morgan fingerprint density at radius 1 is 1.27 bits per heavy atom. The fraction of sp³-hybridized carbons (Fsp3) is 1.00. The van der Waals surface area contributed by atoms with E-state index in [1.165, 1.54) is 12.8 Å². The lowest BCUT2D eigenvalue weighted by Crippen LogP contribution is -2.20. The molecule has 2 atom stereocenters. The molecule has 0 saturated heterocycles. The third kappa shape index (κ3) is 9.39. The average molecular weight is 252 g/mol. The molecule has 0 unspecified atom stereocenters. The van der Waals surface area contributed by atoms with Gasteiger partial charge in [-0.15, -0.1) is 0 Å². The zero-order valence-electron chi connectivity index (χ0n) is 9.91. The summed E-state index contributed by atoms with van der Waals surface area (Å²) >= 11 is 1.76. The Bertz CT molecular complexity index is 163. The highest BCUT2D eigenvalue weighted by Crippen LogP contribution is 2.14. The maximum Gasteiger partial charge on any atom is 0.0558 e. The second kappa shape index (κ2) is 11.0. The standard InChI is InChI=1S/C11H24O2S2/c1-3-5-7-14-11(9-12)10-15(13)8-6-4-2/h11-12H,3-10H2,1-2H3/t11-,15-/m0/s1. The Morgan fingerprint density at radius 2 is 1.93 bits per heavy atom. The SMILES string of the molecule is CCCCS[C@@H](CO)C[S@@](=O)CCCC. The molecule has 0 aliphatic heterocycles. The third-order valence-electron chi connectivity index (χ3n) is 2.15. The molecule has 0 spiro atoms. The Labute approximate surface area is 101 Å².